The van der Waals surface area contributed by atoms with Crippen LogP contribution in [0.1, 0.15) is 36.2 Å². The molecule has 2 aromatic carbocycles. The van der Waals surface area contributed by atoms with E-state index < -0.39 is 11.2 Å². The third-order valence-corrected chi connectivity index (χ3v) is 5.84. The zero-order valence-corrected chi connectivity index (χ0v) is 20.5. The highest BCUT2D eigenvalue weighted by molar-refractivity contribution is 5.94. The van der Waals surface area contributed by atoms with Gasteiger partial charge in [-0.3, -0.25) is 23.5 Å². The van der Waals surface area contributed by atoms with Crippen LogP contribution in [0.25, 0.3) is 10.9 Å². The topological polar surface area (TPSA) is 121 Å². The van der Waals surface area contributed by atoms with Gasteiger partial charge in [-0.2, -0.15) is 0 Å². The Bertz CT molecular complexity index is 1360. The molecule has 2 N–H and O–H groups in total. The standard InChI is InChI=1S/C25H30N4O6/c1-6-15(2)27-22(30)14-28-19-12-21(35-5)20(34-4)11-18(19)24(32)29(25(28)33)13-16-7-9-17(10-8-16)23(31)26-3/h7-12,15H,6,13-14H2,1-5H3,(H,26,31)(H,27,30)/t15-/m0/s1. The summed E-state index contributed by atoms with van der Waals surface area (Å²) in [7, 11) is 4.44. The Morgan fingerprint density at radius 1 is 1.00 bits per heavy atom. The molecule has 0 fully saturated rings. The van der Waals surface area contributed by atoms with Crippen molar-refractivity contribution in [3.63, 3.8) is 0 Å². The van der Waals surface area contributed by atoms with Crippen LogP contribution in [-0.4, -0.2) is 48.3 Å². The largest absolute Gasteiger partial charge is 0.493 e. The van der Waals surface area contributed by atoms with Crippen LogP contribution in [0.15, 0.2) is 46.0 Å². The minimum Gasteiger partial charge on any atom is -0.493 e. The number of carbonyl (C=O) groups excluding carboxylic acids is 2. The highest BCUT2D eigenvalue weighted by Gasteiger charge is 2.19. The number of rotatable bonds is 9. The van der Waals surface area contributed by atoms with Crippen LogP contribution < -0.4 is 31.4 Å². The lowest BCUT2D eigenvalue weighted by atomic mass is 10.1. The molecule has 0 aliphatic heterocycles. The summed E-state index contributed by atoms with van der Waals surface area (Å²) in [5.74, 6) is 0.0677. The van der Waals surface area contributed by atoms with Gasteiger partial charge in [0.05, 0.1) is 31.7 Å². The fourth-order valence-electron chi connectivity index (χ4n) is 3.69. The van der Waals surface area contributed by atoms with Gasteiger partial charge in [0.2, 0.25) is 5.91 Å². The molecule has 35 heavy (non-hydrogen) atoms. The van der Waals surface area contributed by atoms with Gasteiger partial charge in [-0.05, 0) is 37.1 Å². The van der Waals surface area contributed by atoms with Crippen molar-refractivity contribution in [2.24, 2.45) is 0 Å². The molecule has 0 spiro atoms. The molecule has 10 nitrogen and oxygen atoms in total. The van der Waals surface area contributed by atoms with Gasteiger partial charge in [-0.1, -0.05) is 19.1 Å². The quantitative estimate of drug-likeness (QED) is 0.477. The Labute approximate surface area is 202 Å². The van der Waals surface area contributed by atoms with Crippen molar-refractivity contribution < 1.29 is 19.1 Å². The monoisotopic (exact) mass is 482 g/mol. The highest BCUT2D eigenvalue weighted by atomic mass is 16.5. The van der Waals surface area contributed by atoms with Crippen molar-refractivity contribution in [1.82, 2.24) is 19.8 Å². The van der Waals surface area contributed by atoms with Gasteiger partial charge < -0.3 is 20.1 Å². The van der Waals surface area contributed by atoms with Gasteiger partial charge in [-0.25, -0.2) is 4.79 Å². The highest BCUT2D eigenvalue weighted by Crippen LogP contribution is 2.30. The summed E-state index contributed by atoms with van der Waals surface area (Å²) in [6, 6.07) is 9.55. The third-order valence-electron chi connectivity index (χ3n) is 5.84. The predicted octanol–water partition coefficient (Wildman–Crippen LogP) is 1.50. The first-order valence-electron chi connectivity index (χ1n) is 11.2. The molecule has 0 bridgehead atoms. The maximum Gasteiger partial charge on any atom is 0.332 e. The number of fused-ring (bicyclic) bond motifs is 1. The molecular formula is C25H30N4O6. The normalized spacial score (nSPS) is 11.7. The summed E-state index contributed by atoms with van der Waals surface area (Å²) in [4.78, 5) is 51.4. The molecule has 0 saturated carbocycles. The number of benzene rings is 2. The summed E-state index contributed by atoms with van der Waals surface area (Å²) in [6.07, 6.45) is 0.734. The molecule has 1 atom stereocenters. The van der Waals surface area contributed by atoms with Gasteiger partial charge in [0.1, 0.15) is 6.54 Å². The summed E-state index contributed by atoms with van der Waals surface area (Å²) in [5, 5.41) is 5.60. The van der Waals surface area contributed by atoms with E-state index in [9.17, 15) is 19.2 Å². The first-order valence-corrected chi connectivity index (χ1v) is 11.2. The minimum absolute atomic E-state index is 0.0387. The van der Waals surface area contributed by atoms with E-state index in [0.717, 1.165) is 11.0 Å². The molecule has 0 unspecified atom stereocenters. The number of aromatic nitrogens is 2. The van der Waals surface area contributed by atoms with Crippen LogP contribution in [-0.2, 0) is 17.9 Å². The molecule has 3 rings (SSSR count). The van der Waals surface area contributed by atoms with Crippen molar-refractivity contribution in [2.75, 3.05) is 21.3 Å². The van der Waals surface area contributed by atoms with Crippen molar-refractivity contribution in [2.45, 2.75) is 39.4 Å². The van der Waals surface area contributed by atoms with E-state index >= 15 is 0 Å². The predicted molar refractivity (Wildman–Crippen MR) is 132 cm³/mol. The lowest BCUT2D eigenvalue weighted by Gasteiger charge is -2.17. The molecule has 0 radical (unpaired) electrons. The van der Waals surface area contributed by atoms with Gasteiger partial charge in [0.15, 0.2) is 11.5 Å². The summed E-state index contributed by atoms with van der Waals surface area (Å²) < 4.78 is 13.0. The zero-order chi connectivity index (χ0) is 25.7. The number of amides is 2. The average molecular weight is 483 g/mol. The van der Waals surface area contributed by atoms with Crippen molar-refractivity contribution in [3.8, 4) is 11.5 Å². The van der Waals surface area contributed by atoms with Crippen molar-refractivity contribution >= 4 is 22.7 Å². The van der Waals surface area contributed by atoms with Crippen LogP contribution in [0.5, 0.6) is 11.5 Å². The Morgan fingerprint density at radius 3 is 2.20 bits per heavy atom. The first-order chi connectivity index (χ1) is 16.7. The Balaban J connectivity index is 2.17. The molecule has 0 aliphatic rings. The van der Waals surface area contributed by atoms with Gasteiger partial charge >= 0.3 is 5.69 Å². The minimum atomic E-state index is -0.635. The van der Waals surface area contributed by atoms with Crippen LogP contribution in [0.2, 0.25) is 0 Å². The number of nitrogens with one attached hydrogen (secondary N) is 2. The van der Waals surface area contributed by atoms with E-state index in [4.69, 9.17) is 9.47 Å². The second kappa shape index (κ2) is 10.9. The molecule has 3 aromatic rings. The van der Waals surface area contributed by atoms with E-state index in [1.54, 1.807) is 24.3 Å². The van der Waals surface area contributed by atoms with E-state index in [1.165, 1.54) is 38.0 Å². The van der Waals surface area contributed by atoms with Crippen LogP contribution in [0, 0.1) is 0 Å². The van der Waals surface area contributed by atoms with E-state index in [0.29, 0.717) is 22.6 Å². The molecule has 1 heterocycles. The summed E-state index contributed by atoms with van der Waals surface area (Å²) >= 11 is 0. The van der Waals surface area contributed by atoms with E-state index in [2.05, 4.69) is 10.6 Å². The Hall–Kier alpha value is -4.08. The fraction of sp³-hybridized carbons (Fsp3) is 0.360. The van der Waals surface area contributed by atoms with Crippen molar-refractivity contribution in [3.05, 3.63) is 68.4 Å². The second-order valence-corrected chi connectivity index (χ2v) is 8.14. The number of hydrogen-bond donors (Lipinski definition) is 2. The van der Waals surface area contributed by atoms with Crippen LogP contribution in [0.4, 0.5) is 0 Å². The summed E-state index contributed by atoms with van der Waals surface area (Å²) in [6.45, 7) is 3.50. The maximum absolute atomic E-state index is 13.5. The molecule has 186 valence electrons. The lowest BCUT2D eigenvalue weighted by Crippen LogP contribution is -2.44. The van der Waals surface area contributed by atoms with E-state index in [-0.39, 0.29) is 41.8 Å². The van der Waals surface area contributed by atoms with Crippen LogP contribution >= 0.6 is 0 Å². The Morgan fingerprint density at radius 2 is 1.63 bits per heavy atom. The number of ether oxygens (including phenoxy) is 2. The lowest BCUT2D eigenvalue weighted by molar-refractivity contribution is -0.122. The fourth-order valence-corrected chi connectivity index (χ4v) is 3.69. The molecule has 1 aromatic heterocycles. The molecule has 0 aliphatic carbocycles. The van der Waals surface area contributed by atoms with Gasteiger partial charge in [-0.15, -0.1) is 0 Å². The molecule has 0 saturated heterocycles. The number of methoxy groups -OCH3 is 2. The summed E-state index contributed by atoms with van der Waals surface area (Å²) in [5.41, 5.74) is 0.206. The second-order valence-electron chi connectivity index (χ2n) is 8.14. The Kier molecular flexibility index (Phi) is 7.95. The molecular weight excluding hydrogens is 452 g/mol. The first kappa shape index (κ1) is 25.5. The molecule has 10 heteroatoms. The smallest absolute Gasteiger partial charge is 0.332 e. The third kappa shape index (κ3) is 5.37. The number of carbonyl (C=O) groups is 2. The van der Waals surface area contributed by atoms with Gasteiger partial charge in [0.25, 0.3) is 11.5 Å². The number of nitrogens with zero attached hydrogens (tertiary/aromatic N) is 2. The average Bonchev–Trinajstić information content (AvgIpc) is 2.87. The van der Waals surface area contributed by atoms with Crippen LogP contribution in [0.3, 0.4) is 0 Å². The SMILES string of the molecule is CC[C@H](C)NC(=O)Cn1c(=O)n(Cc2ccc(C(=O)NC)cc2)c(=O)c2cc(OC)c(OC)cc21. The zero-order valence-electron chi connectivity index (χ0n) is 20.5. The van der Waals surface area contributed by atoms with Crippen molar-refractivity contribution in [1.29, 1.82) is 0 Å². The number of hydrogen-bond acceptors (Lipinski definition) is 6. The molecule has 2 amide bonds. The van der Waals surface area contributed by atoms with E-state index in [1.807, 2.05) is 13.8 Å². The maximum atomic E-state index is 13.5. The van der Waals surface area contributed by atoms with Gasteiger partial charge in [0, 0.05) is 24.7 Å².